The molecule has 0 saturated carbocycles. The van der Waals surface area contributed by atoms with Crippen LogP contribution in [0, 0.1) is 5.82 Å². The third kappa shape index (κ3) is 3.44. The van der Waals surface area contributed by atoms with E-state index in [9.17, 15) is 14.3 Å². The molecular formula is C22H17FN2O3. The monoisotopic (exact) mass is 376 g/mol. The van der Waals surface area contributed by atoms with Crippen molar-refractivity contribution in [1.29, 1.82) is 0 Å². The maximum Gasteiger partial charge on any atom is 0.276 e. The van der Waals surface area contributed by atoms with E-state index in [-0.39, 0.29) is 24.0 Å². The number of halogens is 1. The third-order valence-electron chi connectivity index (χ3n) is 4.42. The predicted molar refractivity (Wildman–Crippen MR) is 104 cm³/mol. The van der Waals surface area contributed by atoms with E-state index in [1.54, 1.807) is 61.5 Å². The summed E-state index contributed by atoms with van der Waals surface area (Å²) in [7, 11) is 0. The van der Waals surface area contributed by atoms with Crippen molar-refractivity contribution in [2.75, 3.05) is 0 Å². The molecule has 140 valence electrons. The van der Waals surface area contributed by atoms with E-state index in [1.165, 1.54) is 11.1 Å². The fourth-order valence-corrected chi connectivity index (χ4v) is 3.05. The summed E-state index contributed by atoms with van der Waals surface area (Å²) in [4.78, 5) is 12.7. The first kappa shape index (κ1) is 17.7. The molecule has 1 N–H and O–H groups in total. The molecule has 5 nitrogen and oxygen atoms in total. The highest BCUT2D eigenvalue weighted by molar-refractivity contribution is 6.26. The quantitative estimate of drug-likeness (QED) is 0.677. The second-order valence-electron chi connectivity index (χ2n) is 6.46. The van der Waals surface area contributed by atoms with Crippen molar-refractivity contribution in [3.05, 3.63) is 83.4 Å². The van der Waals surface area contributed by atoms with Gasteiger partial charge in [0.2, 0.25) is 0 Å². The summed E-state index contributed by atoms with van der Waals surface area (Å²) < 4.78 is 19.6. The molecule has 1 aromatic heterocycles. The molecule has 6 heteroatoms. The van der Waals surface area contributed by atoms with E-state index in [0.717, 1.165) is 5.56 Å². The van der Waals surface area contributed by atoms with Gasteiger partial charge >= 0.3 is 0 Å². The average Bonchev–Trinajstić information content (AvgIpc) is 3.23. The van der Waals surface area contributed by atoms with Gasteiger partial charge in [-0.25, -0.2) is 9.40 Å². The van der Waals surface area contributed by atoms with Gasteiger partial charge in [0.05, 0.1) is 23.4 Å². The lowest BCUT2D eigenvalue weighted by atomic mass is 10.1. The highest BCUT2D eigenvalue weighted by atomic mass is 19.1. The Morgan fingerprint density at radius 1 is 1.14 bits per heavy atom. The molecule has 0 aliphatic carbocycles. The Morgan fingerprint density at radius 3 is 2.75 bits per heavy atom. The van der Waals surface area contributed by atoms with Crippen molar-refractivity contribution in [2.24, 2.45) is 5.10 Å². The van der Waals surface area contributed by atoms with Crippen molar-refractivity contribution >= 4 is 17.7 Å². The first-order valence-corrected chi connectivity index (χ1v) is 8.73. The van der Waals surface area contributed by atoms with Crippen LogP contribution < -0.4 is 0 Å². The van der Waals surface area contributed by atoms with Gasteiger partial charge in [-0.15, -0.1) is 0 Å². The highest BCUT2D eigenvalue weighted by Gasteiger charge is 2.28. The highest BCUT2D eigenvalue weighted by Crippen LogP contribution is 2.27. The van der Waals surface area contributed by atoms with E-state index >= 15 is 0 Å². The zero-order valence-electron chi connectivity index (χ0n) is 15.1. The minimum atomic E-state index is -0.372. The number of hydrogen-bond acceptors (Lipinski definition) is 4. The van der Waals surface area contributed by atoms with Gasteiger partial charge in [-0.3, -0.25) is 4.79 Å². The van der Waals surface area contributed by atoms with Gasteiger partial charge in [0, 0.05) is 0 Å². The number of hydrogen-bond donors (Lipinski definition) is 1. The molecule has 2 heterocycles. The molecule has 4 rings (SSSR count). The van der Waals surface area contributed by atoms with Crippen molar-refractivity contribution < 1.29 is 18.7 Å². The van der Waals surface area contributed by atoms with E-state index in [0.29, 0.717) is 28.4 Å². The number of phenols is 1. The number of phenolic OH excluding ortho intramolecular Hbond substituents is 1. The minimum Gasteiger partial charge on any atom is -0.508 e. The molecule has 1 aliphatic rings. The van der Waals surface area contributed by atoms with Crippen LogP contribution in [-0.2, 0) is 11.3 Å². The molecule has 0 radical (unpaired) electrons. The van der Waals surface area contributed by atoms with Crippen LogP contribution in [0.1, 0.15) is 18.2 Å². The summed E-state index contributed by atoms with van der Waals surface area (Å²) in [5, 5.41) is 15.2. The second kappa shape index (κ2) is 7.15. The number of nitrogens with zero attached hydrogens (tertiary/aromatic N) is 2. The smallest absolute Gasteiger partial charge is 0.276 e. The van der Waals surface area contributed by atoms with Crippen LogP contribution >= 0.6 is 0 Å². The van der Waals surface area contributed by atoms with Crippen molar-refractivity contribution in [3.63, 3.8) is 0 Å². The molecule has 0 bridgehead atoms. The standard InChI is InChI=1S/C22H17FN2O3/c1-14-19(22(27)25(24-14)13-15-5-4-6-16(26)11-15)12-17-9-10-21(28-17)18-7-2-3-8-20(18)23/h2-12,26H,13H2,1H3/b19-12-. The summed E-state index contributed by atoms with van der Waals surface area (Å²) in [5.41, 5.74) is 2.11. The molecule has 0 saturated heterocycles. The largest absolute Gasteiger partial charge is 0.508 e. The maximum absolute atomic E-state index is 13.9. The number of hydrazone groups is 1. The Labute approximate surface area is 161 Å². The van der Waals surface area contributed by atoms with Gasteiger partial charge in [0.1, 0.15) is 23.1 Å². The van der Waals surface area contributed by atoms with Crippen LogP contribution in [0.25, 0.3) is 17.4 Å². The van der Waals surface area contributed by atoms with Gasteiger partial charge in [-0.1, -0.05) is 24.3 Å². The van der Waals surface area contributed by atoms with Crippen LogP contribution in [0.15, 0.2) is 75.8 Å². The number of aromatic hydroxyl groups is 1. The SMILES string of the molecule is CC1=NN(Cc2cccc(O)c2)C(=O)/C1=C\c1ccc(-c2ccccc2F)o1. The molecule has 28 heavy (non-hydrogen) atoms. The number of rotatable bonds is 4. The molecule has 2 aromatic carbocycles. The van der Waals surface area contributed by atoms with Gasteiger partial charge in [-0.2, -0.15) is 5.10 Å². The molecule has 1 amide bonds. The molecule has 1 aliphatic heterocycles. The molecule has 0 unspecified atom stereocenters. The fraction of sp³-hybridized carbons (Fsp3) is 0.0909. The van der Waals surface area contributed by atoms with Gasteiger partial charge < -0.3 is 9.52 Å². The van der Waals surface area contributed by atoms with Gasteiger partial charge in [0.25, 0.3) is 5.91 Å². The third-order valence-corrected chi connectivity index (χ3v) is 4.42. The van der Waals surface area contributed by atoms with Crippen LogP contribution in [0.4, 0.5) is 4.39 Å². The first-order chi connectivity index (χ1) is 13.5. The second-order valence-corrected chi connectivity index (χ2v) is 6.46. The van der Waals surface area contributed by atoms with Gasteiger partial charge in [-0.05, 0) is 55.0 Å². The molecular weight excluding hydrogens is 359 g/mol. The number of carbonyl (C=O) groups is 1. The van der Waals surface area contributed by atoms with Crippen LogP contribution in [0.2, 0.25) is 0 Å². The lowest BCUT2D eigenvalue weighted by molar-refractivity contribution is -0.126. The molecule has 0 fully saturated rings. The first-order valence-electron chi connectivity index (χ1n) is 8.73. The zero-order valence-corrected chi connectivity index (χ0v) is 15.1. The Morgan fingerprint density at radius 2 is 1.96 bits per heavy atom. The molecule has 0 spiro atoms. The number of amides is 1. The Bertz CT molecular complexity index is 1110. The topological polar surface area (TPSA) is 66.0 Å². The minimum absolute atomic E-state index is 0.136. The van der Waals surface area contributed by atoms with Crippen molar-refractivity contribution in [2.45, 2.75) is 13.5 Å². The summed E-state index contributed by atoms with van der Waals surface area (Å²) in [6.07, 6.45) is 1.61. The van der Waals surface area contributed by atoms with E-state index in [4.69, 9.17) is 4.42 Å². The number of benzene rings is 2. The summed E-state index contributed by atoms with van der Waals surface area (Å²) in [6.45, 7) is 1.99. The normalized spacial score (nSPS) is 15.4. The molecule has 0 atom stereocenters. The number of carbonyl (C=O) groups excluding carboxylic acids is 1. The van der Waals surface area contributed by atoms with Crippen LogP contribution in [-0.4, -0.2) is 21.7 Å². The number of furan rings is 1. The van der Waals surface area contributed by atoms with E-state index in [2.05, 4.69) is 5.10 Å². The Balaban J connectivity index is 1.57. The maximum atomic E-state index is 13.9. The van der Waals surface area contributed by atoms with E-state index < -0.39 is 0 Å². The average molecular weight is 376 g/mol. The Kier molecular flexibility index (Phi) is 4.53. The van der Waals surface area contributed by atoms with Crippen molar-refractivity contribution in [1.82, 2.24) is 5.01 Å². The predicted octanol–water partition coefficient (Wildman–Crippen LogP) is 4.59. The van der Waals surface area contributed by atoms with Gasteiger partial charge in [0.15, 0.2) is 0 Å². The Hall–Kier alpha value is -3.67. The lowest BCUT2D eigenvalue weighted by Crippen LogP contribution is -2.21. The van der Waals surface area contributed by atoms with E-state index in [1.807, 2.05) is 6.07 Å². The summed E-state index contributed by atoms with van der Waals surface area (Å²) in [6, 6.07) is 16.4. The fourth-order valence-electron chi connectivity index (χ4n) is 3.05. The summed E-state index contributed by atoms with van der Waals surface area (Å²) >= 11 is 0. The van der Waals surface area contributed by atoms with Crippen molar-refractivity contribution in [3.8, 4) is 17.1 Å². The van der Waals surface area contributed by atoms with Crippen LogP contribution in [0.5, 0.6) is 5.75 Å². The lowest BCUT2D eigenvalue weighted by Gasteiger charge is -2.11. The molecule has 3 aromatic rings. The van der Waals surface area contributed by atoms with Crippen LogP contribution in [0.3, 0.4) is 0 Å². The zero-order chi connectivity index (χ0) is 19.7. The summed E-state index contributed by atoms with van der Waals surface area (Å²) in [5.74, 6) is 0.335.